The number of aromatic amines is 1. The molecule has 3 heterocycles. The highest BCUT2D eigenvalue weighted by Crippen LogP contribution is 2.31. The van der Waals surface area contributed by atoms with Crippen LogP contribution in [0.25, 0.3) is 10.9 Å². The van der Waals surface area contributed by atoms with Crippen LogP contribution in [0.2, 0.25) is 0 Å². The van der Waals surface area contributed by atoms with Crippen LogP contribution in [-0.2, 0) is 22.4 Å². The number of rotatable bonds is 2. The maximum Gasteiger partial charge on any atom is 0.280 e. The zero-order valence-electron chi connectivity index (χ0n) is 13.3. The zero-order chi connectivity index (χ0) is 16.8. The number of hydrogen-bond acceptors (Lipinski definition) is 4. The van der Waals surface area contributed by atoms with E-state index in [0.29, 0.717) is 5.56 Å². The van der Waals surface area contributed by atoms with Crippen molar-refractivity contribution in [2.24, 2.45) is 16.5 Å². The molecule has 8 nitrogen and oxygen atoms in total. The van der Waals surface area contributed by atoms with Crippen molar-refractivity contribution >= 4 is 22.8 Å². The molecule has 1 fully saturated rings. The second-order valence-electron chi connectivity index (χ2n) is 6.05. The molecule has 0 spiro atoms. The van der Waals surface area contributed by atoms with Crippen molar-refractivity contribution < 1.29 is 14.3 Å². The van der Waals surface area contributed by atoms with Gasteiger partial charge in [0.25, 0.3) is 5.91 Å². The van der Waals surface area contributed by atoms with Gasteiger partial charge in [-0.25, -0.2) is 0 Å². The van der Waals surface area contributed by atoms with Crippen molar-refractivity contribution in [3.05, 3.63) is 35.0 Å². The first-order valence-electron chi connectivity index (χ1n) is 7.83. The average molecular weight is 329 g/mol. The van der Waals surface area contributed by atoms with Gasteiger partial charge in [-0.2, -0.15) is 4.99 Å². The molecule has 0 aliphatic carbocycles. The minimum atomic E-state index is -0.448. The van der Waals surface area contributed by atoms with E-state index in [1.807, 2.05) is 13.0 Å². The number of aliphatic imine (C=N–C) groups is 1. The molecular formula is C16H19N5O3. The first-order valence-corrected chi connectivity index (χ1v) is 7.83. The van der Waals surface area contributed by atoms with E-state index in [4.69, 9.17) is 20.9 Å². The van der Waals surface area contributed by atoms with Gasteiger partial charge < -0.3 is 25.9 Å². The summed E-state index contributed by atoms with van der Waals surface area (Å²) in [6.07, 6.45) is 0.475. The molecule has 0 bridgehead atoms. The number of carbonyl (C=O) groups excluding carboxylic acids is 1. The van der Waals surface area contributed by atoms with Gasteiger partial charge in [0.2, 0.25) is 6.41 Å². The minimum Gasteiger partial charge on any atom is -0.370 e. The van der Waals surface area contributed by atoms with E-state index < -0.39 is 5.91 Å². The lowest BCUT2D eigenvalue weighted by atomic mass is 10.0. The van der Waals surface area contributed by atoms with E-state index in [9.17, 15) is 4.79 Å². The smallest absolute Gasteiger partial charge is 0.280 e. The molecule has 2 aliphatic heterocycles. The molecule has 4 rings (SSSR count). The van der Waals surface area contributed by atoms with Gasteiger partial charge >= 0.3 is 0 Å². The molecule has 8 heteroatoms. The predicted molar refractivity (Wildman–Crippen MR) is 88.0 cm³/mol. The van der Waals surface area contributed by atoms with E-state index in [-0.39, 0.29) is 18.7 Å². The Morgan fingerprint density at radius 1 is 1.38 bits per heavy atom. The number of hydrogen-bond donors (Lipinski definition) is 3. The Kier molecular flexibility index (Phi) is 3.52. The molecule has 1 saturated heterocycles. The Morgan fingerprint density at radius 2 is 2.17 bits per heavy atom. The predicted octanol–water partition coefficient (Wildman–Crippen LogP) is 0.616. The molecule has 0 radical (unpaired) electrons. The highest BCUT2D eigenvalue weighted by molar-refractivity contribution is 6.04. The number of carbonyl (C=O) groups is 1. The van der Waals surface area contributed by atoms with Gasteiger partial charge in [-0.3, -0.25) is 9.69 Å². The molecule has 1 aromatic heterocycles. The number of nitrogens with two attached hydrogens (primary N) is 2. The van der Waals surface area contributed by atoms with Gasteiger partial charge in [-0.1, -0.05) is 6.07 Å². The monoisotopic (exact) mass is 329 g/mol. The third kappa shape index (κ3) is 2.54. The fourth-order valence-corrected chi connectivity index (χ4v) is 3.25. The summed E-state index contributed by atoms with van der Waals surface area (Å²) in [5, 5.41) is 1.09. The number of ether oxygens (including phenoxy) is 2. The number of nitrogens with zero attached hydrogens (tertiary/aromatic N) is 2. The summed E-state index contributed by atoms with van der Waals surface area (Å²) in [5.41, 5.74) is 14.3. The largest absolute Gasteiger partial charge is 0.370 e. The summed E-state index contributed by atoms with van der Waals surface area (Å²) in [7, 11) is 0. The molecule has 2 aromatic rings. The standard InChI is InChI=1S/C16H19N5O3/c1-8-23-16(24-8)21-5-4-12-11(7-21)10-3-2-9(6-13(10)19-12)14(22)20-15(17)18/h2-3,6,8,16,19H,4-5,7H2,1H3,(H4,17,18,20,22). The van der Waals surface area contributed by atoms with Crippen molar-refractivity contribution in [3.63, 3.8) is 0 Å². The number of amides is 1. The highest BCUT2D eigenvalue weighted by atomic mass is 16.9. The normalized spacial score (nSPS) is 23.5. The van der Waals surface area contributed by atoms with E-state index >= 15 is 0 Å². The van der Waals surface area contributed by atoms with Crippen LogP contribution < -0.4 is 11.5 Å². The highest BCUT2D eigenvalue weighted by Gasteiger charge is 2.35. The second-order valence-corrected chi connectivity index (χ2v) is 6.05. The Morgan fingerprint density at radius 3 is 2.88 bits per heavy atom. The SMILES string of the molecule is CC1OC(N2CCc3[nH]c4cc(C(=O)N=C(N)N)ccc4c3C2)O1. The molecule has 0 atom stereocenters. The summed E-state index contributed by atoms with van der Waals surface area (Å²) >= 11 is 0. The van der Waals surface area contributed by atoms with E-state index in [1.165, 1.54) is 11.3 Å². The van der Waals surface area contributed by atoms with Crippen LogP contribution in [0, 0.1) is 0 Å². The molecule has 1 aromatic carbocycles. The van der Waals surface area contributed by atoms with Crippen LogP contribution in [0.5, 0.6) is 0 Å². The van der Waals surface area contributed by atoms with Gasteiger partial charge in [-0.15, -0.1) is 0 Å². The average Bonchev–Trinajstić information content (AvgIpc) is 2.88. The lowest BCUT2D eigenvalue weighted by molar-refractivity contribution is -0.424. The van der Waals surface area contributed by atoms with Gasteiger partial charge in [0.1, 0.15) is 0 Å². The number of benzene rings is 1. The number of nitrogens with one attached hydrogen (secondary N) is 1. The summed E-state index contributed by atoms with van der Waals surface area (Å²) in [5.74, 6) is -0.687. The van der Waals surface area contributed by atoms with E-state index in [0.717, 1.165) is 30.4 Å². The second kappa shape index (κ2) is 5.59. The number of aromatic nitrogens is 1. The van der Waals surface area contributed by atoms with Gasteiger partial charge in [0.15, 0.2) is 12.2 Å². The van der Waals surface area contributed by atoms with Gasteiger partial charge in [0.05, 0.1) is 0 Å². The Hall–Kier alpha value is -2.42. The molecule has 24 heavy (non-hydrogen) atoms. The quantitative estimate of drug-likeness (QED) is 0.549. The molecule has 2 aliphatic rings. The van der Waals surface area contributed by atoms with Crippen LogP contribution in [0.4, 0.5) is 0 Å². The van der Waals surface area contributed by atoms with Crippen molar-refractivity contribution in [1.82, 2.24) is 9.88 Å². The van der Waals surface area contributed by atoms with Crippen LogP contribution in [0.3, 0.4) is 0 Å². The number of guanidine groups is 1. The van der Waals surface area contributed by atoms with Crippen LogP contribution in [-0.4, -0.2) is 41.0 Å². The summed E-state index contributed by atoms with van der Waals surface area (Å²) in [6, 6.07) is 5.45. The first kappa shape index (κ1) is 15.1. The van der Waals surface area contributed by atoms with Gasteiger partial charge in [0, 0.05) is 41.7 Å². The summed E-state index contributed by atoms with van der Waals surface area (Å²) in [6.45, 7) is 3.48. The third-order valence-electron chi connectivity index (χ3n) is 4.40. The Balaban J connectivity index is 1.63. The van der Waals surface area contributed by atoms with Gasteiger partial charge in [-0.05, 0) is 24.6 Å². The molecule has 0 saturated carbocycles. The Labute approximate surface area is 138 Å². The molecular weight excluding hydrogens is 310 g/mol. The lowest BCUT2D eigenvalue weighted by Crippen LogP contribution is -2.52. The van der Waals surface area contributed by atoms with Crippen LogP contribution >= 0.6 is 0 Å². The topological polar surface area (TPSA) is 119 Å². The van der Waals surface area contributed by atoms with Crippen molar-refractivity contribution in [3.8, 4) is 0 Å². The lowest BCUT2D eigenvalue weighted by Gasteiger charge is -2.42. The van der Waals surface area contributed by atoms with Crippen LogP contribution in [0.1, 0.15) is 28.5 Å². The third-order valence-corrected chi connectivity index (χ3v) is 4.40. The van der Waals surface area contributed by atoms with Crippen molar-refractivity contribution in [2.45, 2.75) is 32.6 Å². The molecule has 5 N–H and O–H groups in total. The Bertz CT molecular complexity index is 834. The van der Waals surface area contributed by atoms with Crippen LogP contribution in [0.15, 0.2) is 23.2 Å². The van der Waals surface area contributed by atoms with Crippen molar-refractivity contribution in [2.75, 3.05) is 6.54 Å². The number of fused-ring (bicyclic) bond motifs is 3. The van der Waals surface area contributed by atoms with E-state index in [2.05, 4.69) is 14.9 Å². The minimum absolute atomic E-state index is 0.136. The maximum atomic E-state index is 12.0. The maximum absolute atomic E-state index is 12.0. The number of H-pyrrole nitrogens is 1. The molecule has 1 amide bonds. The van der Waals surface area contributed by atoms with Crippen molar-refractivity contribution in [1.29, 1.82) is 0 Å². The molecule has 126 valence electrons. The summed E-state index contributed by atoms with van der Waals surface area (Å²) in [4.78, 5) is 21.1. The summed E-state index contributed by atoms with van der Waals surface area (Å²) < 4.78 is 11.2. The fourth-order valence-electron chi connectivity index (χ4n) is 3.25. The molecule has 0 unspecified atom stereocenters. The first-order chi connectivity index (χ1) is 11.5. The zero-order valence-corrected chi connectivity index (χ0v) is 13.3. The fraction of sp³-hybridized carbons (Fsp3) is 0.375. The van der Waals surface area contributed by atoms with E-state index in [1.54, 1.807) is 12.1 Å².